The van der Waals surface area contributed by atoms with E-state index in [1.54, 1.807) is 0 Å². The van der Waals surface area contributed by atoms with E-state index < -0.39 is 20.0 Å². The number of aryl methyl sites for hydroxylation is 1. The number of aromatic nitrogens is 2. The molecule has 0 bridgehead atoms. The second-order valence-electron chi connectivity index (χ2n) is 6.83. The predicted molar refractivity (Wildman–Crippen MR) is 106 cm³/mol. The molecule has 0 saturated carbocycles. The average molecular weight is 444 g/mol. The Kier molecular flexibility index (Phi) is 5.93. The van der Waals surface area contributed by atoms with E-state index in [1.165, 1.54) is 50.6 Å². The summed E-state index contributed by atoms with van der Waals surface area (Å²) in [4.78, 5) is -0.133. The van der Waals surface area contributed by atoms with Crippen LogP contribution in [-0.2, 0) is 20.0 Å². The van der Waals surface area contributed by atoms with Gasteiger partial charge in [-0.25, -0.2) is 8.42 Å². The average Bonchev–Trinajstić information content (AvgIpc) is 3.03. The minimum absolute atomic E-state index is 0.0524. The lowest BCUT2D eigenvalue weighted by Gasteiger charge is -2.25. The number of ether oxygens (including phenoxy) is 2. The molecule has 0 atom stereocenters. The van der Waals surface area contributed by atoms with Gasteiger partial charge in [-0.1, -0.05) is 6.42 Å². The monoisotopic (exact) mass is 443 g/mol. The molecule has 29 heavy (non-hydrogen) atoms. The number of piperidine rings is 1. The maximum atomic E-state index is 13.2. The number of benzene rings is 1. The van der Waals surface area contributed by atoms with Crippen molar-refractivity contribution in [2.45, 2.75) is 42.9 Å². The van der Waals surface area contributed by atoms with Crippen LogP contribution < -0.4 is 9.47 Å². The Morgan fingerprint density at radius 3 is 2.10 bits per heavy atom. The molecule has 1 saturated heterocycles. The Morgan fingerprint density at radius 2 is 1.52 bits per heavy atom. The molecule has 0 aliphatic carbocycles. The lowest BCUT2D eigenvalue weighted by atomic mass is 10.2. The quantitative estimate of drug-likeness (QED) is 0.671. The van der Waals surface area contributed by atoms with E-state index in [2.05, 4.69) is 5.10 Å². The van der Waals surface area contributed by atoms with Crippen molar-refractivity contribution in [1.82, 2.24) is 13.5 Å². The molecule has 2 aromatic rings. The summed E-state index contributed by atoms with van der Waals surface area (Å²) in [7, 11) is -5.11. The molecule has 1 aliphatic rings. The molecular weight excluding hydrogens is 418 g/mol. The zero-order chi connectivity index (χ0) is 21.4. The first-order valence-corrected chi connectivity index (χ1v) is 12.1. The smallest absolute Gasteiger partial charge is 0.283 e. The van der Waals surface area contributed by atoms with Crippen LogP contribution in [-0.4, -0.2) is 57.6 Å². The first kappa shape index (κ1) is 21.6. The van der Waals surface area contributed by atoms with Crippen LogP contribution in [0.4, 0.5) is 0 Å². The molecule has 0 radical (unpaired) electrons. The van der Waals surface area contributed by atoms with Crippen LogP contribution in [0, 0.1) is 13.8 Å². The Labute approximate surface area is 171 Å². The molecule has 1 aromatic heterocycles. The predicted octanol–water partition coefficient (Wildman–Crippen LogP) is 1.93. The van der Waals surface area contributed by atoms with Gasteiger partial charge in [0.05, 0.1) is 30.5 Å². The van der Waals surface area contributed by atoms with Crippen molar-refractivity contribution in [2.24, 2.45) is 0 Å². The molecule has 0 N–H and O–H groups in total. The molecular formula is C18H25N3O6S2. The van der Waals surface area contributed by atoms with E-state index in [9.17, 15) is 16.8 Å². The molecule has 1 fully saturated rings. The lowest BCUT2D eigenvalue weighted by Crippen LogP contribution is -2.36. The van der Waals surface area contributed by atoms with Gasteiger partial charge in [0.1, 0.15) is 4.90 Å². The van der Waals surface area contributed by atoms with Gasteiger partial charge in [-0.15, -0.1) is 0 Å². The summed E-state index contributed by atoms with van der Waals surface area (Å²) in [5.74, 6) is 0.629. The van der Waals surface area contributed by atoms with Crippen molar-refractivity contribution >= 4 is 20.0 Å². The summed E-state index contributed by atoms with van der Waals surface area (Å²) in [6.45, 7) is 3.81. The van der Waals surface area contributed by atoms with Gasteiger partial charge in [-0.3, -0.25) is 0 Å². The number of hydrogen-bond donors (Lipinski definition) is 0. The molecule has 2 heterocycles. The Morgan fingerprint density at radius 1 is 0.897 bits per heavy atom. The Balaban J connectivity index is 2.10. The van der Waals surface area contributed by atoms with Crippen molar-refractivity contribution in [3.63, 3.8) is 0 Å². The van der Waals surface area contributed by atoms with Crippen LogP contribution in [0.15, 0.2) is 28.0 Å². The van der Waals surface area contributed by atoms with Crippen molar-refractivity contribution in [3.8, 4) is 11.5 Å². The zero-order valence-electron chi connectivity index (χ0n) is 16.9. The topological polar surface area (TPSA) is 108 Å². The fourth-order valence-corrected chi connectivity index (χ4v) is 6.83. The van der Waals surface area contributed by atoms with Gasteiger partial charge in [0.2, 0.25) is 10.0 Å². The highest BCUT2D eigenvalue weighted by molar-refractivity contribution is 7.90. The van der Waals surface area contributed by atoms with Crippen molar-refractivity contribution < 1.29 is 26.3 Å². The molecule has 0 spiro atoms. The van der Waals surface area contributed by atoms with E-state index in [0.717, 1.165) is 23.3 Å². The van der Waals surface area contributed by atoms with Crippen LogP contribution in [0.25, 0.3) is 0 Å². The van der Waals surface area contributed by atoms with Gasteiger partial charge in [0, 0.05) is 19.2 Å². The van der Waals surface area contributed by atoms with E-state index in [4.69, 9.17) is 9.47 Å². The minimum Gasteiger partial charge on any atom is -0.493 e. The summed E-state index contributed by atoms with van der Waals surface area (Å²) in [6.07, 6.45) is 2.56. The number of methoxy groups -OCH3 is 2. The van der Waals surface area contributed by atoms with Gasteiger partial charge in [0.25, 0.3) is 10.0 Å². The number of nitrogens with zero attached hydrogens (tertiary/aromatic N) is 3. The molecule has 1 aromatic carbocycles. The fourth-order valence-electron chi connectivity index (χ4n) is 3.52. The Hall–Kier alpha value is -2.11. The molecule has 160 valence electrons. The lowest BCUT2D eigenvalue weighted by molar-refractivity contribution is 0.346. The molecule has 0 amide bonds. The number of sulfonamides is 1. The van der Waals surface area contributed by atoms with E-state index in [1.807, 2.05) is 0 Å². The summed E-state index contributed by atoms with van der Waals surface area (Å²) in [5, 5.41) is 4.07. The van der Waals surface area contributed by atoms with Crippen LogP contribution in [0.5, 0.6) is 11.5 Å². The number of hydrogen-bond acceptors (Lipinski definition) is 7. The molecule has 9 nitrogen and oxygen atoms in total. The van der Waals surface area contributed by atoms with E-state index in [-0.39, 0.29) is 26.9 Å². The minimum atomic E-state index is -4.13. The molecule has 11 heteroatoms. The van der Waals surface area contributed by atoms with Crippen molar-refractivity contribution in [2.75, 3.05) is 27.3 Å². The summed E-state index contributed by atoms with van der Waals surface area (Å²) < 4.78 is 65.1. The SMILES string of the molecule is COc1ccc(S(=O)(=O)n2nc(C)c(S(=O)(=O)N3CCCCC3)c2C)cc1OC. The normalized spacial score (nSPS) is 16.0. The van der Waals surface area contributed by atoms with E-state index >= 15 is 0 Å². The highest BCUT2D eigenvalue weighted by atomic mass is 32.2. The standard InChI is InChI=1S/C18H25N3O6S2/c1-13-18(29(24,25)20-10-6-5-7-11-20)14(2)21(19-13)28(22,23)15-8-9-16(26-3)17(12-15)27-4/h8-9,12H,5-7,10-11H2,1-4H3. The first-order valence-electron chi connectivity index (χ1n) is 9.18. The fraction of sp³-hybridized carbons (Fsp3) is 0.500. The summed E-state index contributed by atoms with van der Waals surface area (Å²) in [6, 6.07) is 4.16. The third-order valence-corrected chi connectivity index (χ3v) is 8.79. The maximum absolute atomic E-state index is 13.2. The third kappa shape index (κ3) is 3.74. The van der Waals surface area contributed by atoms with Crippen LogP contribution in [0.2, 0.25) is 0 Å². The molecule has 0 unspecified atom stereocenters. The second-order valence-corrected chi connectivity index (χ2v) is 10.5. The summed E-state index contributed by atoms with van der Waals surface area (Å²) in [5.41, 5.74) is 0.208. The van der Waals surface area contributed by atoms with Gasteiger partial charge in [0.15, 0.2) is 11.5 Å². The third-order valence-electron chi connectivity index (χ3n) is 4.98. The van der Waals surface area contributed by atoms with E-state index in [0.29, 0.717) is 18.8 Å². The molecule has 3 rings (SSSR count). The maximum Gasteiger partial charge on any atom is 0.283 e. The van der Waals surface area contributed by atoms with Crippen LogP contribution in [0.1, 0.15) is 30.7 Å². The number of rotatable bonds is 6. The van der Waals surface area contributed by atoms with Gasteiger partial charge >= 0.3 is 0 Å². The second kappa shape index (κ2) is 7.96. The van der Waals surface area contributed by atoms with Crippen LogP contribution >= 0.6 is 0 Å². The molecule has 1 aliphatic heterocycles. The van der Waals surface area contributed by atoms with Gasteiger partial charge in [-0.2, -0.15) is 21.9 Å². The van der Waals surface area contributed by atoms with Gasteiger partial charge < -0.3 is 9.47 Å². The van der Waals surface area contributed by atoms with Gasteiger partial charge in [-0.05, 0) is 38.8 Å². The largest absolute Gasteiger partial charge is 0.493 e. The van der Waals surface area contributed by atoms with Crippen molar-refractivity contribution in [3.05, 3.63) is 29.6 Å². The highest BCUT2D eigenvalue weighted by Gasteiger charge is 2.34. The summed E-state index contributed by atoms with van der Waals surface area (Å²) >= 11 is 0. The first-order chi connectivity index (χ1) is 13.6. The Bertz CT molecular complexity index is 1120. The highest BCUT2D eigenvalue weighted by Crippen LogP contribution is 2.32. The van der Waals surface area contributed by atoms with Crippen LogP contribution in [0.3, 0.4) is 0 Å². The zero-order valence-corrected chi connectivity index (χ0v) is 18.5. The van der Waals surface area contributed by atoms with Crippen molar-refractivity contribution in [1.29, 1.82) is 0 Å².